The van der Waals surface area contributed by atoms with Crippen LogP contribution in [0.1, 0.15) is 48.9 Å². The number of aliphatic hydroxyl groups excluding tert-OH is 1. The third-order valence-electron chi connectivity index (χ3n) is 2.93. The molecule has 0 radical (unpaired) electrons. The molecule has 5 heteroatoms. The summed E-state index contributed by atoms with van der Waals surface area (Å²) in [5.74, 6) is 0.329. The monoisotopic (exact) mass is 240 g/mol. The Morgan fingerprint density at radius 3 is 2.71 bits per heavy atom. The van der Waals surface area contributed by atoms with Crippen LogP contribution in [0.2, 0.25) is 0 Å². The first-order valence-corrected chi connectivity index (χ1v) is 5.96. The number of carbonyl (C=O) groups excluding carboxylic acids is 1. The van der Waals surface area contributed by atoms with Crippen molar-refractivity contribution in [2.24, 2.45) is 0 Å². The molecule has 0 aliphatic rings. The Bertz CT molecular complexity index is 358. The molecule has 1 heterocycles. The predicted molar refractivity (Wildman–Crippen MR) is 63.9 cm³/mol. The summed E-state index contributed by atoms with van der Waals surface area (Å²) in [6, 6.07) is 1.70. The summed E-state index contributed by atoms with van der Waals surface area (Å²) in [6.45, 7) is 4.40. The molecule has 1 aromatic heterocycles. The van der Waals surface area contributed by atoms with Crippen molar-refractivity contribution < 1.29 is 14.4 Å². The summed E-state index contributed by atoms with van der Waals surface area (Å²) in [4.78, 5) is 13.2. The molecule has 1 N–H and O–H groups in total. The van der Waals surface area contributed by atoms with Crippen molar-refractivity contribution in [1.82, 2.24) is 10.1 Å². The van der Waals surface area contributed by atoms with E-state index in [-0.39, 0.29) is 18.3 Å². The predicted octanol–water partition coefficient (Wildman–Crippen LogP) is 1.64. The molecule has 1 aromatic rings. The van der Waals surface area contributed by atoms with Gasteiger partial charge in [0, 0.05) is 25.6 Å². The summed E-state index contributed by atoms with van der Waals surface area (Å²) < 4.78 is 5.06. The highest BCUT2D eigenvalue weighted by Crippen LogP contribution is 2.22. The Morgan fingerprint density at radius 2 is 2.18 bits per heavy atom. The second kappa shape index (κ2) is 6.39. The molecule has 0 fully saturated rings. The first-order chi connectivity index (χ1) is 8.13. The van der Waals surface area contributed by atoms with Crippen LogP contribution in [0.25, 0.3) is 0 Å². The van der Waals surface area contributed by atoms with Crippen molar-refractivity contribution in [2.45, 2.75) is 32.6 Å². The fourth-order valence-corrected chi connectivity index (χ4v) is 1.73. The van der Waals surface area contributed by atoms with E-state index in [1.807, 2.05) is 0 Å². The second-order valence-electron chi connectivity index (χ2n) is 4.08. The molecule has 0 aliphatic heterocycles. The van der Waals surface area contributed by atoms with Crippen LogP contribution in [0, 0.1) is 0 Å². The van der Waals surface area contributed by atoms with E-state index in [0.29, 0.717) is 12.5 Å². The van der Waals surface area contributed by atoms with Gasteiger partial charge >= 0.3 is 0 Å². The minimum absolute atomic E-state index is 0.0597. The van der Waals surface area contributed by atoms with Gasteiger partial charge in [0.1, 0.15) is 0 Å². The Kier molecular flexibility index (Phi) is 5.15. The maximum Gasteiger partial charge on any atom is 0.292 e. The summed E-state index contributed by atoms with van der Waals surface area (Å²) in [7, 11) is 1.62. The first kappa shape index (κ1) is 13.7. The summed E-state index contributed by atoms with van der Waals surface area (Å²) in [5, 5.41) is 12.7. The average Bonchev–Trinajstić information content (AvgIpc) is 2.79. The zero-order valence-electron chi connectivity index (χ0n) is 10.6. The van der Waals surface area contributed by atoms with E-state index in [2.05, 4.69) is 19.0 Å². The molecule has 0 bridgehead atoms. The molecule has 0 aliphatic carbocycles. The number of likely N-dealkylation sites (N-methyl/N-ethyl adjacent to an activating group) is 1. The van der Waals surface area contributed by atoms with E-state index < -0.39 is 0 Å². The Balaban J connectivity index is 2.76. The Labute approximate surface area is 101 Å². The normalized spacial score (nSPS) is 10.9. The maximum absolute atomic E-state index is 11.8. The lowest BCUT2D eigenvalue weighted by molar-refractivity contribution is 0.0726. The summed E-state index contributed by atoms with van der Waals surface area (Å²) in [6.07, 6.45) is 1.95. The third kappa shape index (κ3) is 3.30. The minimum atomic E-state index is -0.247. The zero-order chi connectivity index (χ0) is 12.8. The van der Waals surface area contributed by atoms with Gasteiger partial charge in [-0.2, -0.15) is 0 Å². The van der Waals surface area contributed by atoms with E-state index in [4.69, 9.17) is 9.63 Å². The van der Waals surface area contributed by atoms with Crippen molar-refractivity contribution in [3.63, 3.8) is 0 Å². The minimum Gasteiger partial charge on any atom is -0.395 e. The lowest BCUT2D eigenvalue weighted by Gasteiger charge is -2.12. The van der Waals surface area contributed by atoms with Crippen molar-refractivity contribution in [3.8, 4) is 0 Å². The van der Waals surface area contributed by atoms with Crippen LogP contribution in [0.15, 0.2) is 10.6 Å². The number of aliphatic hydroxyl groups is 1. The number of hydrogen-bond acceptors (Lipinski definition) is 4. The number of carbonyl (C=O) groups is 1. The van der Waals surface area contributed by atoms with Gasteiger partial charge in [-0.25, -0.2) is 0 Å². The lowest BCUT2D eigenvalue weighted by Crippen LogP contribution is -2.29. The van der Waals surface area contributed by atoms with Crippen LogP contribution in [0.5, 0.6) is 0 Å². The molecule has 0 saturated carbocycles. The quantitative estimate of drug-likeness (QED) is 0.821. The number of hydrogen-bond donors (Lipinski definition) is 1. The molecule has 0 saturated heterocycles. The molecule has 0 aromatic carbocycles. The van der Waals surface area contributed by atoms with E-state index in [9.17, 15) is 4.79 Å². The first-order valence-electron chi connectivity index (χ1n) is 5.96. The van der Waals surface area contributed by atoms with Gasteiger partial charge in [-0.05, 0) is 12.8 Å². The Hall–Kier alpha value is -1.36. The number of nitrogens with zero attached hydrogens (tertiary/aromatic N) is 2. The smallest absolute Gasteiger partial charge is 0.292 e. The van der Waals surface area contributed by atoms with Gasteiger partial charge in [0.05, 0.1) is 12.3 Å². The van der Waals surface area contributed by atoms with Crippen molar-refractivity contribution in [2.75, 3.05) is 20.2 Å². The van der Waals surface area contributed by atoms with Crippen LogP contribution in [-0.2, 0) is 0 Å². The highest BCUT2D eigenvalue weighted by Gasteiger charge is 2.19. The van der Waals surface area contributed by atoms with Gasteiger partial charge in [-0.15, -0.1) is 0 Å². The molecule has 5 nitrogen and oxygen atoms in total. The molecule has 17 heavy (non-hydrogen) atoms. The molecular weight excluding hydrogens is 220 g/mol. The highest BCUT2D eigenvalue weighted by molar-refractivity contribution is 5.91. The van der Waals surface area contributed by atoms with E-state index >= 15 is 0 Å². The van der Waals surface area contributed by atoms with Gasteiger partial charge < -0.3 is 14.5 Å². The topological polar surface area (TPSA) is 66.6 Å². The zero-order valence-corrected chi connectivity index (χ0v) is 10.6. The van der Waals surface area contributed by atoms with E-state index in [1.165, 1.54) is 4.90 Å². The average molecular weight is 240 g/mol. The second-order valence-corrected chi connectivity index (χ2v) is 4.08. The van der Waals surface area contributed by atoms with Gasteiger partial charge in [0.25, 0.3) is 5.91 Å². The molecule has 0 atom stereocenters. The van der Waals surface area contributed by atoms with Crippen LogP contribution in [-0.4, -0.2) is 41.3 Å². The van der Waals surface area contributed by atoms with Gasteiger partial charge in [0.15, 0.2) is 0 Å². The van der Waals surface area contributed by atoms with Crippen LogP contribution in [0.4, 0.5) is 0 Å². The van der Waals surface area contributed by atoms with Crippen LogP contribution in [0.3, 0.4) is 0 Å². The largest absolute Gasteiger partial charge is 0.395 e. The summed E-state index contributed by atoms with van der Waals surface area (Å²) >= 11 is 0. The van der Waals surface area contributed by atoms with E-state index in [0.717, 1.165) is 18.5 Å². The molecule has 0 unspecified atom stereocenters. The van der Waals surface area contributed by atoms with Crippen molar-refractivity contribution in [3.05, 3.63) is 17.5 Å². The van der Waals surface area contributed by atoms with E-state index in [1.54, 1.807) is 13.1 Å². The SMILES string of the molecule is CCC(CC)c1cc(C(=O)N(C)CCO)on1. The summed E-state index contributed by atoms with van der Waals surface area (Å²) in [5.41, 5.74) is 0.829. The number of amides is 1. The van der Waals surface area contributed by atoms with Gasteiger partial charge in [-0.3, -0.25) is 4.79 Å². The molecule has 0 spiro atoms. The molecule has 1 rings (SSSR count). The molecular formula is C12H20N2O3. The lowest BCUT2D eigenvalue weighted by atomic mass is 9.99. The standard InChI is InChI=1S/C12H20N2O3/c1-4-9(5-2)10-8-11(17-13-10)12(16)14(3)6-7-15/h8-9,15H,4-7H2,1-3H3. The van der Waals surface area contributed by atoms with Crippen LogP contribution < -0.4 is 0 Å². The molecule has 1 amide bonds. The highest BCUT2D eigenvalue weighted by atomic mass is 16.5. The van der Waals surface area contributed by atoms with Crippen LogP contribution >= 0.6 is 0 Å². The Morgan fingerprint density at radius 1 is 1.53 bits per heavy atom. The van der Waals surface area contributed by atoms with Gasteiger partial charge in [-0.1, -0.05) is 19.0 Å². The third-order valence-corrected chi connectivity index (χ3v) is 2.93. The van der Waals surface area contributed by atoms with Crippen molar-refractivity contribution in [1.29, 1.82) is 0 Å². The fraction of sp³-hybridized carbons (Fsp3) is 0.667. The van der Waals surface area contributed by atoms with Crippen molar-refractivity contribution >= 4 is 5.91 Å². The molecule has 96 valence electrons. The number of aromatic nitrogens is 1. The van der Waals surface area contributed by atoms with Gasteiger partial charge in [0.2, 0.25) is 5.76 Å². The number of rotatable bonds is 6. The maximum atomic E-state index is 11.8. The fourth-order valence-electron chi connectivity index (χ4n) is 1.73.